The maximum atomic E-state index is 12.1. The summed E-state index contributed by atoms with van der Waals surface area (Å²) in [4.78, 5) is 20.9. The number of carbonyl (C=O) groups is 1. The van der Waals surface area contributed by atoms with Gasteiger partial charge in [-0.3, -0.25) is 24.4 Å². The first-order valence-electron chi connectivity index (χ1n) is 13.6. The van der Waals surface area contributed by atoms with Crippen LogP contribution in [-0.2, 0) is 9.53 Å². The number of aliphatic hydroxyl groups is 4. The molecule has 1 heterocycles. The summed E-state index contributed by atoms with van der Waals surface area (Å²) in [5, 5.41) is 38.4. The molecular weight excluding hydrogens is 516 g/mol. The fourth-order valence-corrected chi connectivity index (χ4v) is 6.45. The fourth-order valence-electron chi connectivity index (χ4n) is 4.31. The molecule has 1 aliphatic rings. The van der Waals surface area contributed by atoms with Crippen molar-refractivity contribution in [3.05, 3.63) is 0 Å². The van der Waals surface area contributed by atoms with Crippen LogP contribution < -0.4 is 0 Å². The third kappa shape index (κ3) is 19.5. The highest BCUT2D eigenvalue weighted by Crippen LogP contribution is 2.22. The lowest BCUT2D eigenvalue weighted by molar-refractivity contribution is -0.144. The van der Waals surface area contributed by atoms with Crippen LogP contribution in [0.2, 0.25) is 0 Å². The van der Waals surface area contributed by atoms with Crippen molar-refractivity contribution in [3.63, 3.8) is 0 Å². The van der Waals surface area contributed by atoms with Crippen LogP contribution in [0.1, 0.15) is 40.5 Å². The van der Waals surface area contributed by atoms with Gasteiger partial charge >= 0.3 is 5.97 Å². The van der Waals surface area contributed by atoms with Crippen LogP contribution in [0.4, 0.5) is 0 Å². The van der Waals surface area contributed by atoms with Crippen LogP contribution in [-0.4, -0.2) is 161 Å². The van der Waals surface area contributed by atoms with Crippen LogP contribution in [0, 0.1) is 0 Å². The lowest BCUT2D eigenvalue weighted by atomic mass is 10.2. The van der Waals surface area contributed by atoms with Crippen LogP contribution in [0.15, 0.2) is 0 Å². The zero-order valence-electron chi connectivity index (χ0n) is 23.3. The van der Waals surface area contributed by atoms with E-state index in [4.69, 9.17) is 4.74 Å². The van der Waals surface area contributed by atoms with Crippen molar-refractivity contribution in [2.45, 2.75) is 65.0 Å². The summed E-state index contributed by atoms with van der Waals surface area (Å²) in [5.74, 6) is 1.63. The molecule has 0 aromatic heterocycles. The normalized spacial score (nSPS) is 18.8. The number of nitrogens with zero attached hydrogens (tertiary/aromatic N) is 4. The topological polar surface area (TPSA) is 120 Å². The first kappa shape index (κ1) is 34.9. The predicted octanol–water partition coefficient (Wildman–Crippen LogP) is 0.394. The molecule has 0 aromatic carbocycles. The predicted molar refractivity (Wildman–Crippen MR) is 153 cm³/mol. The van der Waals surface area contributed by atoms with Crippen LogP contribution in [0.3, 0.4) is 0 Å². The molecule has 1 rings (SSSR count). The number of hydrogen-bond donors (Lipinski definition) is 4. The van der Waals surface area contributed by atoms with Crippen LogP contribution in [0.25, 0.3) is 0 Å². The minimum atomic E-state index is -0.470. The van der Waals surface area contributed by atoms with Gasteiger partial charge in [-0.25, -0.2) is 0 Å². The Bertz CT molecular complexity index is 561. The van der Waals surface area contributed by atoms with Gasteiger partial charge in [-0.1, -0.05) is 21.6 Å². The average molecular weight is 569 g/mol. The SMILES string of the molecule is CC(O)CN(CCCC(=O)OCCN1CCN(CCSSCN(CC(C)O)CC(C)O)CC1)CC(C)O. The number of piperazine rings is 1. The van der Waals surface area contributed by atoms with Crippen molar-refractivity contribution in [1.29, 1.82) is 0 Å². The molecule has 0 amide bonds. The second-order valence-electron chi connectivity index (χ2n) is 10.3. The maximum absolute atomic E-state index is 12.1. The van der Waals surface area contributed by atoms with Gasteiger partial charge in [0.05, 0.1) is 30.3 Å². The van der Waals surface area contributed by atoms with Crippen molar-refractivity contribution >= 4 is 27.6 Å². The zero-order valence-corrected chi connectivity index (χ0v) is 25.0. The van der Waals surface area contributed by atoms with Gasteiger partial charge in [0.15, 0.2) is 0 Å². The third-order valence-corrected chi connectivity index (χ3v) is 8.19. The first-order chi connectivity index (χ1) is 17.5. The molecule has 12 heteroatoms. The monoisotopic (exact) mass is 568 g/mol. The Morgan fingerprint density at radius 1 is 0.784 bits per heavy atom. The van der Waals surface area contributed by atoms with Crippen molar-refractivity contribution in [3.8, 4) is 0 Å². The van der Waals surface area contributed by atoms with E-state index < -0.39 is 24.4 Å². The lowest BCUT2D eigenvalue weighted by Crippen LogP contribution is -2.47. The number of esters is 1. The van der Waals surface area contributed by atoms with Crippen molar-refractivity contribution < 1.29 is 30.0 Å². The molecule has 0 aliphatic carbocycles. The van der Waals surface area contributed by atoms with Gasteiger partial charge in [-0.2, -0.15) is 0 Å². The van der Waals surface area contributed by atoms with Gasteiger partial charge in [0.2, 0.25) is 0 Å². The summed E-state index contributed by atoms with van der Waals surface area (Å²) in [5.41, 5.74) is 0. The van der Waals surface area contributed by atoms with E-state index in [2.05, 4.69) is 14.7 Å². The van der Waals surface area contributed by atoms with Crippen molar-refractivity contribution in [2.24, 2.45) is 0 Å². The van der Waals surface area contributed by atoms with E-state index in [1.165, 1.54) is 0 Å². The summed E-state index contributed by atoms with van der Waals surface area (Å²) >= 11 is 0. The molecule has 37 heavy (non-hydrogen) atoms. The largest absolute Gasteiger partial charge is 0.464 e. The van der Waals surface area contributed by atoms with E-state index in [0.717, 1.165) is 50.9 Å². The molecule has 1 aliphatic heterocycles. The van der Waals surface area contributed by atoms with Gasteiger partial charge in [0.1, 0.15) is 6.61 Å². The molecule has 1 fully saturated rings. The number of ether oxygens (including phenoxy) is 1. The number of rotatable bonds is 21. The summed E-state index contributed by atoms with van der Waals surface area (Å²) < 4.78 is 5.42. The number of aliphatic hydroxyl groups excluding tert-OH is 4. The Hall–Kier alpha value is -0.150. The van der Waals surface area contributed by atoms with E-state index in [-0.39, 0.29) is 5.97 Å². The maximum Gasteiger partial charge on any atom is 0.305 e. The highest BCUT2D eigenvalue weighted by atomic mass is 33.1. The Kier molecular flexibility index (Phi) is 19.5. The molecule has 4 unspecified atom stereocenters. The van der Waals surface area contributed by atoms with E-state index in [0.29, 0.717) is 52.2 Å². The second kappa shape index (κ2) is 20.7. The Morgan fingerprint density at radius 2 is 1.27 bits per heavy atom. The quantitative estimate of drug-likeness (QED) is 0.0664. The van der Waals surface area contributed by atoms with Gasteiger partial charge in [0, 0.05) is 77.6 Å². The molecule has 10 nitrogen and oxygen atoms in total. The lowest BCUT2D eigenvalue weighted by Gasteiger charge is -2.34. The van der Waals surface area contributed by atoms with Crippen LogP contribution >= 0.6 is 21.6 Å². The summed E-state index contributed by atoms with van der Waals surface area (Å²) in [7, 11) is 3.60. The molecule has 4 N–H and O–H groups in total. The van der Waals surface area contributed by atoms with Crippen molar-refractivity contribution in [1.82, 2.24) is 19.6 Å². The Labute approximate surface area is 232 Å². The fraction of sp³-hybridized carbons (Fsp3) is 0.960. The third-order valence-electron chi connectivity index (χ3n) is 5.89. The summed E-state index contributed by atoms with van der Waals surface area (Å²) in [6, 6.07) is 0. The van der Waals surface area contributed by atoms with E-state index in [1.807, 2.05) is 15.7 Å². The molecule has 1 saturated heterocycles. The molecule has 0 aromatic rings. The van der Waals surface area contributed by atoms with Gasteiger partial charge in [-0.05, 0) is 40.7 Å². The molecule has 0 radical (unpaired) electrons. The highest BCUT2D eigenvalue weighted by molar-refractivity contribution is 8.76. The second-order valence-corrected chi connectivity index (χ2v) is 12.8. The molecule has 0 bridgehead atoms. The molecule has 0 spiro atoms. The highest BCUT2D eigenvalue weighted by Gasteiger charge is 2.18. The average Bonchev–Trinajstić information content (AvgIpc) is 2.78. The molecule has 0 saturated carbocycles. The number of carbonyl (C=O) groups excluding carboxylic acids is 1. The number of hydrogen-bond acceptors (Lipinski definition) is 12. The minimum absolute atomic E-state index is 0.192. The van der Waals surface area contributed by atoms with E-state index >= 15 is 0 Å². The smallest absolute Gasteiger partial charge is 0.305 e. The first-order valence-corrected chi connectivity index (χ1v) is 16.1. The minimum Gasteiger partial charge on any atom is -0.464 e. The Balaban J connectivity index is 2.09. The van der Waals surface area contributed by atoms with E-state index in [9.17, 15) is 25.2 Å². The van der Waals surface area contributed by atoms with Crippen LogP contribution in [0.5, 0.6) is 0 Å². The molecular formula is C25H52N4O6S2. The standard InChI is InChI=1S/C25H52N4O6S2/c1-21(30)16-28(17-22(2)31)7-5-6-25(34)35-14-12-26-8-10-27(11-9-26)13-15-36-37-20-29(18-23(3)32)19-24(4)33/h21-24,30-33H,5-20H2,1-4H3. The van der Waals surface area contributed by atoms with E-state index in [1.54, 1.807) is 38.5 Å². The summed E-state index contributed by atoms with van der Waals surface area (Å²) in [6.07, 6.45) is -0.752. The van der Waals surface area contributed by atoms with Gasteiger partial charge in [-0.15, -0.1) is 0 Å². The zero-order chi connectivity index (χ0) is 27.6. The Morgan fingerprint density at radius 3 is 1.78 bits per heavy atom. The molecule has 4 atom stereocenters. The van der Waals surface area contributed by atoms with Gasteiger partial charge < -0.3 is 25.2 Å². The van der Waals surface area contributed by atoms with Gasteiger partial charge in [0.25, 0.3) is 0 Å². The summed E-state index contributed by atoms with van der Waals surface area (Å²) in [6.45, 7) is 15.9. The molecule has 220 valence electrons. The van der Waals surface area contributed by atoms with Crippen molar-refractivity contribution in [2.75, 3.05) is 90.2 Å².